The first-order chi connectivity index (χ1) is 10.7. The third kappa shape index (κ3) is 5.24. The van der Waals surface area contributed by atoms with Crippen LogP contribution in [0.15, 0.2) is 24.3 Å². The molecule has 2 N–H and O–H groups in total. The minimum Gasteiger partial charge on any atom is -0.349 e. The van der Waals surface area contributed by atoms with Crippen molar-refractivity contribution in [3.63, 3.8) is 0 Å². The Morgan fingerprint density at radius 3 is 2.17 bits per heavy atom. The third-order valence-corrected chi connectivity index (χ3v) is 4.33. The van der Waals surface area contributed by atoms with Crippen LogP contribution in [0.3, 0.4) is 0 Å². The van der Waals surface area contributed by atoms with Gasteiger partial charge < -0.3 is 10.2 Å². The van der Waals surface area contributed by atoms with Crippen LogP contribution in [0.2, 0.25) is 0 Å². The van der Waals surface area contributed by atoms with Crippen LogP contribution in [0.25, 0.3) is 0 Å². The average molecular weight is 339 g/mol. The number of carbonyl (C=O) groups is 2. The number of likely N-dealkylation sites (tertiary alicyclic amines) is 1. The molecule has 0 saturated carbocycles. The lowest BCUT2D eigenvalue weighted by Crippen LogP contribution is -2.45. The fourth-order valence-corrected chi connectivity index (χ4v) is 3.08. The molecule has 0 aliphatic carbocycles. The SMILES string of the molecule is CC(=O)N1CCC(NC(=O)c2ccc(NS(C)(=O)=O)cc2)CC1. The van der Waals surface area contributed by atoms with Crippen LogP contribution in [0, 0.1) is 0 Å². The first-order valence-electron chi connectivity index (χ1n) is 7.39. The van der Waals surface area contributed by atoms with Gasteiger partial charge in [-0.05, 0) is 37.1 Å². The van der Waals surface area contributed by atoms with Gasteiger partial charge in [-0.15, -0.1) is 0 Å². The molecule has 0 aromatic heterocycles. The molecule has 23 heavy (non-hydrogen) atoms. The Hall–Kier alpha value is -2.09. The molecule has 1 aromatic carbocycles. The maximum atomic E-state index is 12.2. The molecule has 0 bridgehead atoms. The molecule has 1 aliphatic heterocycles. The van der Waals surface area contributed by atoms with Gasteiger partial charge in [-0.25, -0.2) is 8.42 Å². The molecule has 1 aliphatic rings. The number of benzene rings is 1. The van der Waals surface area contributed by atoms with E-state index in [2.05, 4.69) is 10.0 Å². The van der Waals surface area contributed by atoms with Crippen LogP contribution >= 0.6 is 0 Å². The minimum absolute atomic E-state index is 0.0481. The maximum Gasteiger partial charge on any atom is 0.251 e. The summed E-state index contributed by atoms with van der Waals surface area (Å²) in [6, 6.07) is 6.30. The number of nitrogens with one attached hydrogen (secondary N) is 2. The molecule has 2 amide bonds. The molecule has 1 heterocycles. The van der Waals surface area contributed by atoms with Gasteiger partial charge in [0, 0.05) is 37.3 Å². The number of hydrogen-bond acceptors (Lipinski definition) is 4. The molecular weight excluding hydrogens is 318 g/mol. The predicted molar refractivity (Wildman–Crippen MR) is 87.7 cm³/mol. The van der Waals surface area contributed by atoms with E-state index in [-0.39, 0.29) is 17.9 Å². The van der Waals surface area contributed by atoms with Crippen molar-refractivity contribution in [2.45, 2.75) is 25.8 Å². The zero-order valence-electron chi connectivity index (χ0n) is 13.2. The van der Waals surface area contributed by atoms with Crippen LogP contribution in [0.4, 0.5) is 5.69 Å². The van der Waals surface area contributed by atoms with E-state index in [0.717, 1.165) is 19.1 Å². The second-order valence-corrected chi connectivity index (χ2v) is 7.45. The fourth-order valence-electron chi connectivity index (χ4n) is 2.51. The maximum absolute atomic E-state index is 12.2. The molecule has 8 heteroatoms. The predicted octanol–water partition coefficient (Wildman–Crippen LogP) is 0.799. The standard InChI is InChI=1S/C15H21N3O4S/c1-11(19)18-9-7-13(8-10-18)16-15(20)12-3-5-14(6-4-12)17-23(2,21)22/h3-6,13,17H,7-10H2,1-2H3,(H,16,20). The van der Waals surface area contributed by atoms with Crippen LogP contribution in [0.5, 0.6) is 0 Å². The third-order valence-electron chi connectivity index (χ3n) is 3.73. The number of piperidine rings is 1. The van der Waals surface area contributed by atoms with E-state index in [1.807, 2.05) is 0 Å². The lowest BCUT2D eigenvalue weighted by Gasteiger charge is -2.31. The number of amides is 2. The van der Waals surface area contributed by atoms with Gasteiger partial charge in [-0.3, -0.25) is 14.3 Å². The Balaban J connectivity index is 1.90. The van der Waals surface area contributed by atoms with E-state index < -0.39 is 10.0 Å². The Morgan fingerprint density at radius 1 is 1.13 bits per heavy atom. The van der Waals surface area contributed by atoms with Gasteiger partial charge in [0.15, 0.2) is 0 Å². The molecule has 1 fully saturated rings. The van der Waals surface area contributed by atoms with Crippen LogP contribution in [0.1, 0.15) is 30.1 Å². The first-order valence-corrected chi connectivity index (χ1v) is 9.28. The summed E-state index contributed by atoms with van der Waals surface area (Å²) in [4.78, 5) is 25.2. The van der Waals surface area contributed by atoms with Crippen molar-refractivity contribution < 1.29 is 18.0 Å². The normalized spacial score (nSPS) is 16.0. The summed E-state index contributed by atoms with van der Waals surface area (Å²) in [6.45, 7) is 2.85. The largest absolute Gasteiger partial charge is 0.349 e. The fraction of sp³-hybridized carbons (Fsp3) is 0.467. The monoisotopic (exact) mass is 339 g/mol. The van der Waals surface area contributed by atoms with Crippen molar-refractivity contribution in [2.75, 3.05) is 24.1 Å². The Morgan fingerprint density at radius 2 is 1.70 bits per heavy atom. The highest BCUT2D eigenvalue weighted by Gasteiger charge is 2.22. The molecule has 126 valence electrons. The van der Waals surface area contributed by atoms with E-state index in [4.69, 9.17) is 0 Å². The van der Waals surface area contributed by atoms with Crippen molar-refractivity contribution in [3.05, 3.63) is 29.8 Å². The van der Waals surface area contributed by atoms with E-state index in [1.165, 1.54) is 0 Å². The molecule has 0 spiro atoms. The highest BCUT2D eigenvalue weighted by molar-refractivity contribution is 7.92. The Labute approximate surface area is 136 Å². The molecular formula is C15H21N3O4S. The van der Waals surface area contributed by atoms with Gasteiger partial charge in [0.2, 0.25) is 15.9 Å². The molecule has 7 nitrogen and oxygen atoms in total. The summed E-state index contributed by atoms with van der Waals surface area (Å²) in [5, 5.41) is 2.95. The second kappa shape index (κ2) is 6.99. The summed E-state index contributed by atoms with van der Waals surface area (Å²) in [7, 11) is -3.33. The van der Waals surface area contributed by atoms with Crippen molar-refractivity contribution in [1.29, 1.82) is 0 Å². The number of hydrogen-bond donors (Lipinski definition) is 2. The van der Waals surface area contributed by atoms with Gasteiger partial charge in [0.25, 0.3) is 5.91 Å². The molecule has 1 saturated heterocycles. The van der Waals surface area contributed by atoms with Crippen LogP contribution in [-0.2, 0) is 14.8 Å². The number of rotatable bonds is 4. The van der Waals surface area contributed by atoms with Gasteiger partial charge in [-0.1, -0.05) is 0 Å². The van der Waals surface area contributed by atoms with E-state index >= 15 is 0 Å². The Kier molecular flexibility index (Phi) is 5.25. The highest BCUT2D eigenvalue weighted by atomic mass is 32.2. The molecule has 0 unspecified atom stereocenters. The second-order valence-electron chi connectivity index (χ2n) is 5.71. The number of nitrogens with zero attached hydrogens (tertiary/aromatic N) is 1. The van der Waals surface area contributed by atoms with Gasteiger partial charge in [0.1, 0.15) is 0 Å². The van der Waals surface area contributed by atoms with Crippen molar-refractivity contribution in [3.8, 4) is 0 Å². The van der Waals surface area contributed by atoms with Gasteiger partial charge in [-0.2, -0.15) is 0 Å². The number of sulfonamides is 1. The number of anilines is 1. The summed E-state index contributed by atoms with van der Waals surface area (Å²) >= 11 is 0. The zero-order chi connectivity index (χ0) is 17.0. The van der Waals surface area contributed by atoms with E-state index in [0.29, 0.717) is 24.3 Å². The van der Waals surface area contributed by atoms with Crippen LogP contribution in [-0.4, -0.2) is 50.5 Å². The number of carbonyl (C=O) groups excluding carboxylic acids is 2. The highest BCUT2D eigenvalue weighted by Crippen LogP contribution is 2.13. The first kappa shape index (κ1) is 17.3. The summed E-state index contributed by atoms with van der Waals surface area (Å²) < 4.78 is 24.6. The zero-order valence-corrected chi connectivity index (χ0v) is 14.0. The minimum atomic E-state index is -3.33. The van der Waals surface area contributed by atoms with Crippen LogP contribution < -0.4 is 10.0 Å². The van der Waals surface area contributed by atoms with E-state index in [1.54, 1.807) is 36.1 Å². The topological polar surface area (TPSA) is 95.6 Å². The molecule has 2 rings (SSSR count). The molecule has 0 radical (unpaired) electrons. The Bertz CT molecular complexity index is 677. The summed E-state index contributed by atoms with van der Waals surface area (Å²) in [5.74, 6) is -0.138. The average Bonchev–Trinajstić information content (AvgIpc) is 2.46. The molecule has 1 aromatic rings. The summed E-state index contributed by atoms with van der Waals surface area (Å²) in [6.07, 6.45) is 2.54. The smallest absolute Gasteiger partial charge is 0.251 e. The lowest BCUT2D eigenvalue weighted by molar-refractivity contribution is -0.129. The van der Waals surface area contributed by atoms with E-state index in [9.17, 15) is 18.0 Å². The van der Waals surface area contributed by atoms with Gasteiger partial charge in [0.05, 0.1) is 6.26 Å². The lowest BCUT2D eigenvalue weighted by atomic mass is 10.0. The van der Waals surface area contributed by atoms with Crippen molar-refractivity contribution in [1.82, 2.24) is 10.2 Å². The quantitative estimate of drug-likeness (QED) is 0.848. The van der Waals surface area contributed by atoms with Gasteiger partial charge >= 0.3 is 0 Å². The van der Waals surface area contributed by atoms with Crippen molar-refractivity contribution in [2.24, 2.45) is 0 Å². The van der Waals surface area contributed by atoms with Crippen molar-refractivity contribution >= 4 is 27.5 Å². The molecule has 0 atom stereocenters. The summed E-state index contributed by atoms with van der Waals surface area (Å²) in [5.41, 5.74) is 0.886.